The Morgan fingerprint density at radius 2 is 1.92 bits per heavy atom. The molecule has 2 N–H and O–H groups in total. The van der Waals surface area contributed by atoms with Gasteiger partial charge in [-0.15, -0.1) is 11.3 Å². The van der Waals surface area contributed by atoms with Crippen molar-refractivity contribution in [3.63, 3.8) is 0 Å². The Labute approximate surface area is 155 Å². The van der Waals surface area contributed by atoms with Crippen molar-refractivity contribution < 1.29 is 19.1 Å². The van der Waals surface area contributed by atoms with E-state index in [9.17, 15) is 14.4 Å². The summed E-state index contributed by atoms with van der Waals surface area (Å²) in [6.45, 7) is 1.65. The minimum absolute atomic E-state index is 0.403. The molecular weight excluding hydrogens is 354 g/mol. The fourth-order valence-corrected chi connectivity index (χ4v) is 4.33. The molecule has 2 aromatic rings. The summed E-state index contributed by atoms with van der Waals surface area (Å²) in [5.74, 6) is -1.19. The maximum Gasteiger partial charge on any atom is 0.341 e. The van der Waals surface area contributed by atoms with Gasteiger partial charge in [-0.3, -0.25) is 10.1 Å². The van der Waals surface area contributed by atoms with Crippen molar-refractivity contribution in [1.29, 1.82) is 0 Å². The number of nitrogens with one attached hydrogen (secondary N) is 2. The zero-order valence-corrected chi connectivity index (χ0v) is 15.4. The van der Waals surface area contributed by atoms with Crippen molar-refractivity contribution in [2.45, 2.75) is 32.6 Å². The van der Waals surface area contributed by atoms with Gasteiger partial charge in [-0.1, -0.05) is 0 Å². The van der Waals surface area contributed by atoms with Gasteiger partial charge >= 0.3 is 12.0 Å². The Kier molecular flexibility index (Phi) is 5.72. The molecule has 1 aliphatic carbocycles. The fourth-order valence-electron chi connectivity index (χ4n) is 2.98. The molecule has 0 aromatic carbocycles. The molecule has 0 bridgehead atoms. The lowest BCUT2D eigenvalue weighted by Crippen LogP contribution is -2.41. The number of aromatic nitrogens is 1. The normalized spacial score (nSPS) is 13.0. The molecular formula is C18H21N3O4S. The monoisotopic (exact) mass is 375 g/mol. The van der Waals surface area contributed by atoms with Crippen molar-refractivity contribution in [3.8, 4) is 5.00 Å². The van der Waals surface area contributed by atoms with Crippen molar-refractivity contribution in [3.05, 3.63) is 40.5 Å². The number of aryl methyl sites for hydroxylation is 1. The van der Waals surface area contributed by atoms with Gasteiger partial charge in [0.15, 0.2) is 6.61 Å². The highest BCUT2D eigenvalue weighted by atomic mass is 32.1. The Morgan fingerprint density at radius 3 is 2.65 bits per heavy atom. The molecule has 138 valence electrons. The van der Waals surface area contributed by atoms with Gasteiger partial charge < -0.3 is 14.6 Å². The first kappa shape index (κ1) is 18.2. The summed E-state index contributed by atoms with van der Waals surface area (Å²) in [6, 6.07) is 3.19. The lowest BCUT2D eigenvalue weighted by molar-refractivity contribution is -0.123. The van der Waals surface area contributed by atoms with E-state index in [1.165, 1.54) is 4.88 Å². The molecule has 3 amide bonds. The zero-order valence-electron chi connectivity index (χ0n) is 14.5. The largest absolute Gasteiger partial charge is 0.452 e. The summed E-state index contributed by atoms with van der Waals surface area (Å²) in [5.41, 5.74) is 1.56. The summed E-state index contributed by atoms with van der Waals surface area (Å²) in [5, 5.41) is 5.38. The van der Waals surface area contributed by atoms with Crippen LogP contribution in [0.3, 0.4) is 0 Å². The Hall–Kier alpha value is -2.61. The van der Waals surface area contributed by atoms with E-state index in [2.05, 4.69) is 10.6 Å². The number of ether oxygens (including phenoxy) is 1. The van der Waals surface area contributed by atoms with Gasteiger partial charge in [-0.05, 0) is 50.3 Å². The molecule has 8 heteroatoms. The first-order chi connectivity index (χ1) is 12.6. The maximum absolute atomic E-state index is 12.7. The maximum atomic E-state index is 12.7. The number of thiophene rings is 1. The smallest absolute Gasteiger partial charge is 0.341 e. The number of hydrogen-bond donors (Lipinski definition) is 2. The van der Waals surface area contributed by atoms with E-state index < -0.39 is 24.5 Å². The van der Waals surface area contributed by atoms with Crippen LogP contribution in [0, 0.1) is 0 Å². The molecule has 0 saturated heterocycles. The van der Waals surface area contributed by atoms with Crippen LogP contribution in [0.15, 0.2) is 24.5 Å². The second-order valence-electron chi connectivity index (χ2n) is 5.97. The molecule has 0 radical (unpaired) electrons. The van der Waals surface area contributed by atoms with Crippen LogP contribution in [0.5, 0.6) is 0 Å². The van der Waals surface area contributed by atoms with Crippen molar-refractivity contribution >= 4 is 29.2 Å². The molecule has 3 rings (SSSR count). The number of nitrogens with zero attached hydrogens (tertiary/aromatic N) is 1. The van der Waals surface area contributed by atoms with Gasteiger partial charge in [-0.25, -0.2) is 9.59 Å². The number of esters is 1. The van der Waals surface area contributed by atoms with E-state index in [1.54, 1.807) is 18.3 Å². The van der Waals surface area contributed by atoms with Crippen LogP contribution in [0.2, 0.25) is 0 Å². The van der Waals surface area contributed by atoms with E-state index in [-0.39, 0.29) is 0 Å². The summed E-state index contributed by atoms with van der Waals surface area (Å²) in [7, 11) is 0. The molecule has 26 heavy (non-hydrogen) atoms. The molecule has 0 unspecified atom stereocenters. The van der Waals surface area contributed by atoms with Crippen molar-refractivity contribution in [2.75, 3.05) is 13.2 Å². The molecule has 0 spiro atoms. The van der Waals surface area contributed by atoms with Gasteiger partial charge in [0.25, 0.3) is 5.91 Å². The van der Waals surface area contributed by atoms with Crippen LogP contribution in [0.1, 0.15) is 40.6 Å². The first-order valence-corrected chi connectivity index (χ1v) is 9.44. The fraction of sp³-hybridized carbons (Fsp3) is 0.389. The molecule has 0 fully saturated rings. The predicted octanol–water partition coefficient (Wildman–Crippen LogP) is 2.42. The number of carbonyl (C=O) groups excluding carboxylic acids is 3. The number of carbonyl (C=O) groups is 3. The van der Waals surface area contributed by atoms with Gasteiger partial charge in [0.05, 0.1) is 5.56 Å². The number of urea groups is 1. The minimum atomic E-state index is -0.657. The van der Waals surface area contributed by atoms with E-state index in [0.717, 1.165) is 36.2 Å². The van der Waals surface area contributed by atoms with E-state index in [1.807, 2.05) is 29.1 Å². The van der Waals surface area contributed by atoms with Crippen LogP contribution in [-0.4, -0.2) is 35.6 Å². The van der Waals surface area contributed by atoms with Gasteiger partial charge in [0, 0.05) is 23.8 Å². The highest BCUT2D eigenvalue weighted by Crippen LogP contribution is 2.37. The Morgan fingerprint density at radius 1 is 1.19 bits per heavy atom. The highest BCUT2D eigenvalue weighted by molar-refractivity contribution is 7.15. The Bertz CT molecular complexity index is 811. The lowest BCUT2D eigenvalue weighted by Gasteiger charge is -2.13. The third kappa shape index (κ3) is 3.96. The zero-order chi connectivity index (χ0) is 18.5. The molecule has 0 atom stereocenters. The highest BCUT2D eigenvalue weighted by Gasteiger charge is 2.27. The number of fused-ring (bicyclic) bond motifs is 1. The molecule has 0 saturated carbocycles. The second kappa shape index (κ2) is 8.18. The molecule has 2 heterocycles. The van der Waals surface area contributed by atoms with E-state index >= 15 is 0 Å². The van der Waals surface area contributed by atoms with Gasteiger partial charge in [0.1, 0.15) is 5.00 Å². The van der Waals surface area contributed by atoms with Gasteiger partial charge in [0.2, 0.25) is 0 Å². The van der Waals surface area contributed by atoms with Crippen LogP contribution < -0.4 is 10.6 Å². The summed E-state index contributed by atoms with van der Waals surface area (Å²) in [4.78, 5) is 37.0. The average Bonchev–Trinajstić information content (AvgIpc) is 3.27. The first-order valence-electron chi connectivity index (χ1n) is 8.62. The summed E-state index contributed by atoms with van der Waals surface area (Å²) >= 11 is 1.60. The standard InChI is InChI=1S/C18H21N3O4S/c1-2-19-18(24)20-14(22)11-25-17(23)15-12-7-3-4-8-13(12)26-16(15)21-9-5-6-10-21/h5-6,9-10H,2-4,7-8,11H2,1H3,(H2,19,20,22,24). The number of amides is 3. The third-order valence-corrected chi connectivity index (χ3v) is 5.43. The van der Waals surface area contributed by atoms with Crippen LogP contribution in [0.4, 0.5) is 4.79 Å². The quantitative estimate of drug-likeness (QED) is 0.786. The van der Waals surface area contributed by atoms with Crippen LogP contribution in [-0.2, 0) is 22.4 Å². The SMILES string of the molecule is CCNC(=O)NC(=O)COC(=O)c1c(-n2cccc2)sc2c1CCCC2. The number of imide groups is 1. The molecule has 7 nitrogen and oxygen atoms in total. The van der Waals surface area contributed by atoms with Crippen LogP contribution >= 0.6 is 11.3 Å². The van der Waals surface area contributed by atoms with Gasteiger partial charge in [-0.2, -0.15) is 0 Å². The number of rotatable bonds is 5. The number of hydrogen-bond acceptors (Lipinski definition) is 5. The van der Waals surface area contributed by atoms with Crippen molar-refractivity contribution in [1.82, 2.24) is 15.2 Å². The Balaban J connectivity index is 1.75. The minimum Gasteiger partial charge on any atom is -0.452 e. The summed E-state index contributed by atoms with van der Waals surface area (Å²) in [6.07, 6.45) is 7.71. The topological polar surface area (TPSA) is 89.4 Å². The van der Waals surface area contributed by atoms with E-state index in [4.69, 9.17) is 4.74 Å². The molecule has 2 aromatic heterocycles. The molecule has 0 aliphatic heterocycles. The third-order valence-electron chi connectivity index (χ3n) is 4.12. The van der Waals surface area contributed by atoms with Crippen molar-refractivity contribution in [2.24, 2.45) is 0 Å². The lowest BCUT2D eigenvalue weighted by atomic mass is 9.95. The average molecular weight is 375 g/mol. The summed E-state index contributed by atoms with van der Waals surface area (Å²) < 4.78 is 7.09. The predicted molar refractivity (Wildman–Crippen MR) is 97.8 cm³/mol. The van der Waals surface area contributed by atoms with Crippen LogP contribution in [0.25, 0.3) is 5.00 Å². The second-order valence-corrected chi connectivity index (χ2v) is 7.05. The van der Waals surface area contributed by atoms with E-state index in [0.29, 0.717) is 12.1 Å². The molecule has 1 aliphatic rings.